The predicted octanol–water partition coefficient (Wildman–Crippen LogP) is 5.49. The van der Waals surface area contributed by atoms with Gasteiger partial charge in [0.2, 0.25) is 0 Å². The molecule has 0 atom stereocenters. The quantitative estimate of drug-likeness (QED) is 0.176. The number of benzene rings is 2. The number of aromatic nitrogens is 4. The summed E-state index contributed by atoms with van der Waals surface area (Å²) in [5, 5.41) is 7.65. The average molecular weight is 584 g/mol. The number of aromatic amines is 1. The Morgan fingerprint density at radius 2 is 1.79 bits per heavy atom. The first-order valence-electron chi connectivity index (χ1n) is 12.3. The van der Waals surface area contributed by atoms with Gasteiger partial charge in [-0.25, -0.2) is 9.97 Å². The first kappa shape index (κ1) is 28.9. The van der Waals surface area contributed by atoms with Crippen LogP contribution in [0.25, 0.3) is 10.2 Å². The zero-order chi connectivity index (χ0) is 27.9. The smallest absolute Gasteiger partial charge is 0.431 e. The molecule has 1 aliphatic carbocycles. The van der Waals surface area contributed by atoms with E-state index in [-0.39, 0.29) is 0 Å². The SMILES string of the molecule is O=S(=O)(O)C(F)(F)F.c1ccc2sc(Oc3ccc(CCN(CCCc4nc[nH]n4)CC4CC4)cc3)nc2c1. The Kier molecular flexibility index (Phi) is 9.53. The summed E-state index contributed by atoms with van der Waals surface area (Å²) < 4.78 is 64.7. The molecule has 0 saturated heterocycles. The number of thiazole rings is 1. The zero-order valence-electron chi connectivity index (χ0n) is 20.8. The standard InChI is InChI=1S/C24H27N5OS.CHF3O3S/c1-2-5-22-21(4-1)27-24(31-22)30-20-11-9-18(10-12-20)13-15-29(16-19-7-8-19)14-3-6-23-25-17-26-28-23;2-1(3,4)8(5,6)7/h1-2,4-5,9-12,17,19H,3,6-8,13-16H2,(H,25,26,28);(H,5,6,7). The second-order valence-electron chi connectivity index (χ2n) is 9.13. The molecule has 1 fully saturated rings. The zero-order valence-corrected chi connectivity index (χ0v) is 22.5. The summed E-state index contributed by atoms with van der Waals surface area (Å²) >= 11 is 1.58. The summed E-state index contributed by atoms with van der Waals surface area (Å²) in [7, 11) is -5.84. The number of halogens is 3. The number of nitrogens with zero attached hydrogens (tertiary/aromatic N) is 4. The molecule has 0 bridgehead atoms. The Morgan fingerprint density at radius 3 is 2.41 bits per heavy atom. The van der Waals surface area contributed by atoms with Gasteiger partial charge >= 0.3 is 15.6 Å². The van der Waals surface area contributed by atoms with Gasteiger partial charge in [-0.05, 0) is 68.0 Å². The molecule has 39 heavy (non-hydrogen) atoms. The number of rotatable bonds is 11. The lowest BCUT2D eigenvalue weighted by atomic mass is 10.1. The van der Waals surface area contributed by atoms with Crippen LogP contribution in [0.5, 0.6) is 10.9 Å². The fourth-order valence-electron chi connectivity index (χ4n) is 3.78. The number of H-pyrrole nitrogens is 1. The highest BCUT2D eigenvalue weighted by Gasteiger charge is 2.44. The molecule has 9 nitrogen and oxygen atoms in total. The molecular weight excluding hydrogens is 555 g/mol. The molecule has 1 aliphatic rings. The number of nitrogens with one attached hydrogen (secondary N) is 1. The van der Waals surface area contributed by atoms with Gasteiger partial charge in [0.05, 0.1) is 10.2 Å². The summed E-state index contributed by atoms with van der Waals surface area (Å²) in [5.41, 5.74) is -3.21. The minimum Gasteiger partial charge on any atom is -0.431 e. The predicted molar refractivity (Wildman–Crippen MR) is 141 cm³/mol. The van der Waals surface area contributed by atoms with Crippen LogP contribution in [-0.4, -0.2) is 63.2 Å². The molecular formula is C25H28F3N5O4S2. The molecule has 0 unspecified atom stereocenters. The third kappa shape index (κ3) is 9.27. The van der Waals surface area contributed by atoms with Gasteiger partial charge in [-0.15, -0.1) is 0 Å². The molecule has 2 heterocycles. The van der Waals surface area contributed by atoms with Crippen molar-refractivity contribution in [1.29, 1.82) is 0 Å². The Labute approximate surface area is 227 Å². The number of ether oxygens (including phenoxy) is 1. The lowest BCUT2D eigenvalue weighted by Gasteiger charge is -2.22. The van der Waals surface area contributed by atoms with Crippen LogP contribution in [-0.2, 0) is 23.0 Å². The number of alkyl halides is 3. The molecule has 210 valence electrons. The molecule has 1 saturated carbocycles. The van der Waals surface area contributed by atoms with E-state index >= 15 is 0 Å². The topological polar surface area (TPSA) is 121 Å². The van der Waals surface area contributed by atoms with Gasteiger partial charge in [0.1, 0.15) is 17.9 Å². The van der Waals surface area contributed by atoms with Crippen LogP contribution in [0.15, 0.2) is 54.9 Å². The van der Waals surface area contributed by atoms with Gasteiger partial charge in [-0.2, -0.15) is 26.7 Å². The number of hydrogen-bond acceptors (Lipinski definition) is 8. The van der Waals surface area contributed by atoms with Gasteiger partial charge in [0, 0.05) is 19.5 Å². The minimum absolute atomic E-state index is 0.691. The van der Waals surface area contributed by atoms with Crippen molar-refractivity contribution in [3.63, 3.8) is 0 Å². The van der Waals surface area contributed by atoms with Crippen LogP contribution in [0.4, 0.5) is 13.2 Å². The second-order valence-corrected chi connectivity index (χ2v) is 11.5. The minimum atomic E-state index is -5.84. The molecule has 0 spiro atoms. The van der Waals surface area contributed by atoms with Crippen molar-refractivity contribution in [2.45, 2.75) is 37.6 Å². The summed E-state index contributed by atoms with van der Waals surface area (Å²) in [4.78, 5) is 11.4. The molecule has 0 aliphatic heterocycles. The molecule has 5 rings (SSSR count). The average Bonchev–Trinajstić information content (AvgIpc) is 3.36. The maximum Gasteiger partial charge on any atom is 0.522 e. The molecule has 14 heteroatoms. The Bertz CT molecular complexity index is 1390. The summed E-state index contributed by atoms with van der Waals surface area (Å²) in [6, 6.07) is 16.6. The van der Waals surface area contributed by atoms with E-state index in [1.165, 1.54) is 24.9 Å². The van der Waals surface area contributed by atoms with Gasteiger partial charge < -0.3 is 9.64 Å². The van der Waals surface area contributed by atoms with E-state index in [9.17, 15) is 13.2 Å². The van der Waals surface area contributed by atoms with Crippen molar-refractivity contribution in [2.24, 2.45) is 5.92 Å². The van der Waals surface area contributed by atoms with Crippen molar-refractivity contribution in [1.82, 2.24) is 25.1 Å². The fourth-order valence-corrected chi connectivity index (χ4v) is 4.62. The van der Waals surface area contributed by atoms with Gasteiger partial charge in [0.15, 0.2) is 0 Å². The number of hydrogen-bond donors (Lipinski definition) is 2. The number of para-hydroxylation sites is 1. The van der Waals surface area contributed by atoms with Crippen molar-refractivity contribution in [3.05, 3.63) is 66.2 Å². The van der Waals surface area contributed by atoms with Crippen LogP contribution < -0.4 is 4.74 Å². The lowest BCUT2D eigenvalue weighted by Crippen LogP contribution is -2.29. The molecule has 2 aromatic heterocycles. The largest absolute Gasteiger partial charge is 0.522 e. The van der Waals surface area contributed by atoms with Crippen molar-refractivity contribution in [2.75, 3.05) is 19.6 Å². The van der Waals surface area contributed by atoms with Crippen LogP contribution in [0.1, 0.15) is 30.7 Å². The Balaban J connectivity index is 0.000000386. The Hall–Kier alpha value is -3.07. The second kappa shape index (κ2) is 12.9. The maximum atomic E-state index is 10.7. The molecule has 2 aromatic carbocycles. The molecule has 4 aromatic rings. The Morgan fingerprint density at radius 1 is 1.08 bits per heavy atom. The monoisotopic (exact) mass is 583 g/mol. The van der Waals surface area contributed by atoms with E-state index in [1.54, 1.807) is 17.7 Å². The summed E-state index contributed by atoms with van der Waals surface area (Å²) in [5.74, 6) is 2.65. The maximum absolute atomic E-state index is 10.7. The van der Waals surface area contributed by atoms with E-state index in [0.29, 0.717) is 5.19 Å². The van der Waals surface area contributed by atoms with Gasteiger partial charge in [-0.1, -0.05) is 35.6 Å². The lowest BCUT2D eigenvalue weighted by molar-refractivity contribution is -0.0510. The van der Waals surface area contributed by atoms with Crippen molar-refractivity contribution >= 4 is 31.7 Å². The van der Waals surface area contributed by atoms with E-state index in [2.05, 4.69) is 55.4 Å². The normalized spacial score (nSPS) is 13.9. The van der Waals surface area contributed by atoms with Crippen molar-refractivity contribution in [3.8, 4) is 10.9 Å². The fraction of sp³-hybridized carbons (Fsp3) is 0.400. The first-order chi connectivity index (χ1) is 18.6. The molecule has 0 amide bonds. The molecule has 0 radical (unpaired) electrons. The highest BCUT2D eigenvalue weighted by Crippen LogP contribution is 2.32. The van der Waals surface area contributed by atoms with Crippen LogP contribution in [0.2, 0.25) is 0 Å². The van der Waals surface area contributed by atoms with Gasteiger partial charge in [0.25, 0.3) is 5.19 Å². The van der Waals surface area contributed by atoms with E-state index in [0.717, 1.165) is 60.1 Å². The summed E-state index contributed by atoms with van der Waals surface area (Å²) in [6.07, 6.45) is 7.50. The first-order valence-corrected chi connectivity index (χ1v) is 14.6. The van der Waals surface area contributed by atoms with Gasteiger partial charge in [-0.3, -0.25) is 9.65 Å². The molecule has 2 N–H and O–H groups in total. The number of aryl methyl sites for hydroxylation is 1. The highest BCUT2D eigenvalue weighted by molar-refractivity contribution is 7.86. The van der Waals surface area contributed by atoms with E-state index < -0.39 is 15.6 Å². The van der Waals surface area contributed by atoms with E-state index in [4.69, 9.17) is 17.7 Å². The third-order valence-electron chi connectivity index (χ3n) is 5.96. The third-order valence-corrected chi connectivity index (χ3v) is 7.46. The van der Waals surface area contributed by atoms with Crippen LogP contribution in [0, 0.1) is 5.92 Å². The van der Waals surface area contributed by atoms with Crippen LogP contribution in [0.3, 0.4) is 0 Å². The summed E-state index contributed by atoms with van der Waals surface area (Å²) in [6.45, 7) is 3.40. The number of fused-ring (bicyclic) bond motifs is 1. The van der Waals surface area contributed by atoms with Crippen LogP contribution >= 0.6 is 11.3 Å². The highest BCUT2D eigenvalue weighted by atomic mass is 32.2. The van der Waals surface area contributed by atoms with E-state index in [1.807, 2.05) is 18.2 Å². The van der Waals surface area contributed by atoms with Crippen molar-refractivity contribution < 1.29 is 30.9 Å².